The van der Waals surface area contributed by atoms with E-state index >= 15 is 0 Å². The number of hydrogen-bond acceptors (Lipinski definition) is 2. The van der Waals surface area contributed by atoms with Gasteiger partial charge < -0.3 is 4.90 Å². The van der Waals surface area contributed by atoms with Crippen LogP contribution in [0.2, 0.25) is 0 Å². The fourth-order valence-electron chi connectivity index (χ4n) is 4.28. The molecule has 3 heteroatoms. The standard InChI is InChI=1S/C25H34FN.C2H3N/c1-2-17-27(19-16-21-7-4-3-5-8-21)18-6-9-22-10-12-23(13-11-22)24-14-15-25(26)20-24;1-2-3/h3-5,7-8,10-13,24-25H,2,6,9,14-20H2,1H3;1H3. The monoisotopic (exact) mass is 408 g/mol. The second-order valence-corrected chi connectivity index (χ2v) is 8.25. The van der Waals surface area contributed by atoms with Crippen molar-refractivity contribution in [1.82, 2.24) is 4.90 Å². The van der Waals surface area contributed by atoms with E-state index < -0.39 is 6.17 Å². The van der Waals surface area contributed by atoms with Crippen LogP contribution in [0.3, 0.4) is 0 Å². The topological polar surface area (TPSA) is 27.0 Å². The van der Waals surface area contributed by atoms with Crippen LogP contribution in [0.4, 0.5) is 4.39 Å². The lowest BCUT2D eigenvalue weighted by Crippen LogP contribution is -2.28. The smallest absolute Gasteiger partial charge is 0.101 e. The Labute approximate surface area is 182 Å². The van der Waals surface area contributed by atoms with Crippen LogP contribution in [0.15, 0.2) is 54.6 Å². The van der Waals surface area contributed by atoms with Crippen molar-refractivity contribution in [2.75, 3.05) is 19.6 Å². The van der Waals surface area contributed by atoms with Gasteiger partial charge >= 0.3 is 0 Å². The Kier molecular flexibility index (Phi) is 11.2. The highest BCUT2D eigenvalue weighted by Gasteiger charge is 2.25. The third-order valence-corrected chi connectivity index (χ3v) is 5.86. The van der Waals surface area contributed by atoms with Crippen molar-refractivity contribution in [2.45, 2.75) is 70.9 Å². The summed E-state index contributed by atoms with van der Waals surface area (Å²) in [4.78, 5) is 2.60. The number of halogens is 1. The lowest BCUT2D eigenvalue weighted by atomic mass is 9.96. The lowest BCUT2D eigenvalue weighted by molar-refractivity contribution is 0.274. The van der Waals surface area contributed by atoms with Crippen molar-refractivity contribution in [1.29, 1.82) is 5.26 Å². The Balaban J connectivity index is 0.00000101. The normalized spacial score (nSPS) is 18.0. The molecule has 1 fully saturated rings. The number of benzene rings is 2. The summed E-state index contributed by atoms with van der Waals surface area (Å²) in [6, 6.07) is 21.5. The molecule has 3 rings (SSSR count). The van der Waals surface area contributed by atoms with Gasteiger partial charge in [0.25, 0.3) is 0 Å². The maximum absolute atomic E-state index is 13.4. The second-order valence-electron chi connectivity index (χ2n) is 8.25. The molecular formula is C27H37FN2. The first-order valence-corrected chi connectivity index (χ1v) is 11.5. The molecule has 0 heterocycles. The molecule has 0 aromatic heterocycles. The molecule has 1 saturated carbocycles. The van der Waals surface area contributed by atoms with Gasteiger partial charge in [-0.1, -0.05) is 61.5 Å². The van der Waals surface area contributed by atoms with E-state index in [9.17, 15) is 4.39 Å². The van der Waals surface area contributed by atoms with Gasteiger partial charge in [0.2, 0.25) is 0 Å². The zero-order valence-electron chi connectivity index (χ0n) is 18.7. The Bertz CT molecular complexity index is 736. The summed E-state index contributed by atoms with van der Waals surface area (Å²) in [6.07, 6.45) is 6.54. The molecule has 0 saturated heterocycles. The summed E-state index contributed by atoms with van der Waals surface area (Å²) in [6.45, 7) is 7.18. The minimum Gasteiger partial charge on any atom is -0.303 e. The molecule has 0 radical (unpaired) electrons. The van der Waals surface area contributed by atoms with E-state index in [4.69, 9.17) is 5.26 Å². The SMILES string of the molecule is CC#N.CCCN(CCCc1ccc(C2CCC(F)C2)cc1)CCc1ccccc1. The fourth-order valence-corrected chi connectivity index (χ4v) is 4.28. The molecule has 1 aliphatic carbocycles. The van der Waals surface area contributed by atoms with Crippen molar-refractivity contribution in [3.63, 3.8) is 0 Å². The first-order valence-electron chi connectivity index (χ1n) is 11.5. The minimum atomic E-state index is -0.588. The highest BCUT2D eigenvalue weighted by atomic mass is 19.1. The van der Waals surface area contributed by atoms with Crippen LogP contribution < -0.4 is 0 Å². The first kappa shape index (κ1) is 24.1. The van der Waals surface area contributed by atoms with E-state index in [0.717, 1.165) is 38.8 Å². The molecule has 0 N–H and O–H groups in total. The van der Waals surface area contributed by atoms with Crippen LogP contribution in [0.5, 0.6) is 0 Å². The number of nitrogens with zero attached hydrogens (tertiary/aromatic N) is 2. The second kappa shape index (κ2) is 13.9. The molecule has 30 heavy (non-hydrogen) atoms. The van der Waals surface area contributed by atoms with Gasteiger partial charge in [-0.15, -0.1) is 0 Å². The van der Waals surface area contributed by atoms with Gasteiger partial charge in [-0.05, 0) is 80.6 Å². The average molecular weight is 409 g/mol. The predicted octanol–water partition coefficient (Wildman–Crippen LogP) is 6.71. The summed E-state index contributed by atoms with van der Waals surface area (Å²) in [5, 5.41) is 7.32. The highest BCUT2D eigenvalue weighted by molar-refractivity contribution is 5.26. The van der Waals surface area contributed by atoms with Crippen LogP contribution in [-0.2, 0) is 12.8 Å². The van der Waals surface area contributed by atoms with E-state index in [1.54, 1.807) is 6.07 Å². The Hall–Kier alpha value is -2.18. The molecule has 0 bridgehead atoms. The largest absolute Gasteiger partial charge is 0.303 e. The third-order valence-electron chi connectivity index (χ3n) is 5.86. The number of rotatable bonds is 10. The van der Waals surface area contributed by atoms with Crippen molar-refractivity contribution in [2.24, 2.45) is 0 Å². The molecule has 2 atom stereocenters. The van der Waals surface area contributed by atoms with E-state index in [1.807, 2.05) is 0 Å². The molecule has 162 valence electrons. The number of aryl methyl sites for hydroxylation is 1. The summed E-state index contributed by atoms with van der Waals surface area (Å²) in [5.74, 6) is 0.437. The molecule has 0 aliphatic heterocycles. The van der Waals surface area contributed by atoms with Gasteiger partial charge in [0, 0.05) is 13.5 Å². The molecule has 0 amide bonds. The first-order chi connectivity index (χ1) is 14.7. The van der Waals surface area contributed by atoms with Crippen molar-refractivity contribution < 1.29 is 4.39 Å². The number of nitriles is 1. The molecule has 0 spiro atoms. The van der Waals surface area contributed by atoms with Crippen LogP contribution in [-0.4, -0.2) is 30.7 Å². The lowest BCUT2D eigenvalue weighted by Gasteiger charge is -2.21. The van der Waals surface area contributed by atoms with Crippen LogP contribution in [0, 0.1) is 11.3 Å². The van der Waals surface area contributed by atoms with Crippen molar-refractivity contribution >= 4 is 0 Å². The zero-order chi connectivity index (χ0) is 21.6. The third kappa shape index (κ3) is 8.67. The Morgan fingerprint density at radius 1 is 0.933 bits per heavy atom. The van der Waals surface area contributed by atoms with Gasteiger partial charge in [-0.25, -0.2) is 4.39 Å². The van der Waals surface area contributed by atoms with Crippen molar-refractivity contribution in [3.05, 3.63) is 71.3 Å². The van der Waals surface area contributed by atoms with Gasteiger partial charge in [-0.3, -0.25) is 0 Å². The van der Waals surface area contributed by atoms with E-state index in [0.29, 0.717) is 12.3 Å². The predicted molar refractivity (Wildman–Crippen MR) is 124 cm³/mol. The number of alkyl halides is 1. The quantitative estimate of drug-likeness (QED) is 0.437. The molecule has 2 aromatic rings. The summed E-state index contributed by atoms with van der Waals surface area (Å²) >= 11 is 0. The van der Waals surface area contributed by atoms with Crippen LogP contribution in [0.1, 0.15) is 68.6 Å². The Morgan fingerprint density at radius 3 is 2.20 bits per heavy atom. The van der Waals surface area contributed by atoms with E-state index in [1.165, 1.54) is 43.0 Å². The molecule has 2 aromatic carbocycles. The minimum absolute atomic E-state index is 0.437. The van der Waals surface area contributed by atoms with Crippen LogP contribution in [0.25, 0.3) is 0 Å². The molecular weight excluding hydrogens is 371 g/mol. The number of hydrogen-bond donors (Lipinski definition) is 0. The van der Waals surface area contributed by atoms with E-state index in [2.05, 4.69) is 66.4 Å². The summed E-state index contributed by atoms with van der Waals surface area (Å²) < 4.78 is 13.4. The fraction of sp³-hybridized carbons (Fsp3) is 0.519. The molecule has 2 nitrogen and oxygen atoms in total. The van der Waals surface area contributed by atoms with Gasteiger partial charge in [0.1, 0.15) is 6.17 Å². The van der Waals surface area contributed by atoms with Gasteiger partial charge in [-0.2, -0.15) is 5.26 Å². The van der Waals surface area contributed by atoms with Gasteiger partial charge in [0.15, 0.2) is 0 Å². The Morgan fingerprint density at radius 2 is 1.60 bits per heavy atom. The highest BCUT2D eigenvalue weighted by Crippen LogP contribution is 2.36. The summed E-state index contributed by atoms with van der Waals surface area (Å²) in [7, 11) is 0. The molecule has 2 unspecified atom stereocenters. The average Bonchev–Trinajstić information content (AvgIpc) is 3.20. The van der Waals surface area contributed by atoms with Crippen LogP contribution >= 0.6 is 0 Å². The maximum Gasteiger partial charge on any atom is 0.101 e. The zero-order valence-corrected chi connectivity index (χ0v) is 18.7. The van der Waals surface area contributed by atoms with Crippen molar-refractivity contribution in [3.8, 4) is 6.07 Å². The molecule has 1 aliphatic rings. The maximum atomic E-state index is 13.4. The van der Waals surface area contributed by atoms with Gasteiger partial charge in [0.05, 0.1) is 6.07 Å². The summed E-state index contributed by atoms with van der Waals surface area (Å²) in [5.41, 5.74) is 4.17. The van der Waals surface area contributed by atoms with E-state index in [-0.39, 0.29) is 0 Å².